The maximum absolute atomic E-state index is 12.7. The van der Waals surface area contributed by atoms with Gasteiger partial charge in [0.05, 0.1) is 6.61 Å². The number of benzene rings is 2. The normalized spacial score (nSPS) is 10.3. The molecule has 23 heavy (non-hydrogen) atoms. The van der Waals surface area contributed by atoms with Crippen molar-refractivity contribution in [3.8, 4) is 5.75 Å². The Bertz CT molecular complexity index is 597. The average molecular weight is 312 g/mol. The summed E-state index contributed by atoms with van der Waals surface area (Å²) in [7, 11) is 0. The Morgan fingerprint density at radius 2 is 1.74 bits per heavy atom. The van der Waals surface area contributed by atoms with E-state index in [1.54, 1.807) is 12.1 Å². The Morgan fingerprint density at radius 1 is 1.04 bits per heavy atom. The van der Waals surface area contributed by atoms with Crippen LogP contribution in [0.4, 0.5) is 0 Å². The highest BCUT2D eigenvalue weighted by molar-refractivity contribution is 5.94. The fourth-order valence-corrected chi connectivity index (χ4v) is 2.42. The Balaban J connectivity index is 2.02. The van der Waals surface area contributed by atoms with Gasteiger partial charge in [0.25, 0.3) is 5.91 Å². The van der Waals surface area contributed by atoms with Crippen LogP contribution in [0.15, 0.2) is 54.6 Å². The van der Waals surface area contributed by atoms with E-state index in [0.29, 0.717) is 31.8 Å². The molecule has 0 saturated heterocycles. The van der Waals surface area contributed by atoms with Gasteiger partial charge in [-0.3, -0.25) is 4.79 Å². The Hall–Kier alpha value is -2.33. The van der Waals surface area contributed by atoms with E-state index in [9.17, 15) is 4.79 Å². The summed E-state index contributed by atoms with van der Waals surface area (Å²) in [6.07, 6.45) is 0.823. The molecular weight excluding hydrogens is 288 g/mol. The smallest absolute Gasteiger partial charge is 0.253 e. The number of hydrogen-bond acceptors (Lipinski definition) is 3. The first kappa shape index (κ1) is 17.0. The van der Waals surface area contributed by atoms with Gasteiger partial charge in [-0.1, -0.05) is 30.3 Å². The Labute approximate surface area is 137 Å². The van der Waals surface area contributed by atoms with E-state index in [4.69, 9.17) is 10.5 Å². The molecule has 0 aliphatic carbocycles. The molecular formula is C19H24N2O2. The summed E-state index contributed by atoms with van der Waals surface area (Å²) in [5, 5.41) is 0. The highest BCUT2D eigenvalue weighted by atomic mass is 16.5. The number of ether oxygens (including phenoxy) is 1. The van der Waals surface area contributed by atoms with Crippen LogP contribution < -0.4 is 10.5 Å². The molecule has 0 atom stereocenters. The van der Waals surface area contributed by atoms with Crippen LogP contribution in [0.5, 0.6) is 5.75 Å². The van der Waals surface area contributed by atoms with Gasteiger partial charge in [-0.15, -0.1) is 0 Å². The lowest BCUT2D eigenvalue weighted by Gasteiger charge is -2.22. The molecule has 4 heteroatoms. The number of hydrogen-bond donors (Lipinski definition) is 1. The highest BCUT2D eigenvalue weighted by Crippen LogP contribution is 2.14. The van der Waals surface area contributed by atoms with Crippen LogP contribution in [-0.4, -0.2) is 37.0 Å². The number of carbonyl (C=O) groups excluding carboxylic acids is 1. The van der Waals surface area contributed by atoms with Crippen LogP contribution in [0, 0.1) is 0 Å². The SMILES string of the molecule is CCOc1ccc(C(=O)N(CCN)CCc2ccccc2)cc1. The molecule has 2 N–H and O–H groups in total. The molecule has 0 heterocycles. The molecule has 0 aliphatic heterocycles. The van der Waals surface area contributed by atoms with Crippen molar-refractivity contribution in [2.45, 2.75) is 13.3 Å². The monoisotopic (exact) mass is 312 g/mol. The molecule has 0 bridgehead atoms. The Morgan fingerprint density at radius 3 is 2.35 bits per heavy atom. The number of carbonyl (C=O) groups is 1. The zero-order chi connectivity index (χ0) is 16.5. The van der Waals surface area contributed by atoms with Crippen molar-refractivity contribution in [1.82, 2.24) is 4.90 Å². The molecule has 0 radical (unpaired) electrons. The predicted octanol–water partition coefficient (Wildman–Crippen LogP) is 2.73. The molecule has 2 aromatic carbocycles. The molecule has 0 saturated carbocycles. The van der Waals surface area contributed by atoms with Crippen LogP contribution in [0.1, 0.15) is 22.8 Å². The molecule has 0 unspecified atom stereocenters. The van der Waals surface area contributed by atoms with Crippen LogP contribution in [0.3, 0.4) is 0 Å². The van der Waals surface area contributed by atoms with Gasteiger partial charge in [-0.05, 0) is 43.2 Å². The molecule has 122 valence electrons. The zero-order valence-corrected chi connectivity index (χ0v) is 13.6. The minimum Gasteiger partial charge on any atom is -0.494 e. The van der Waals surface area contributed by atoms with E-state index in [1.165, 1.54) is 5.56 Å². The zero-order valence-electron chi connectivity index (χ0n) is 13.6. The van der Waals surface area contributed by atoms with Gasteiger partial charge in [0.15, 0.2) is 0 Å². The van der Waals surface area contributed by atoms with Crippen molar-refractivity contribution >= 4 is 5.91 Å². The molecule has 2 rings (SSSR count). The summed E-state index contributed by atoms with van der Waals surface area (Å²) in [5.74, 6) is 0.785. The molecule has 0 fully saturated rings. The first-order valence-corrected chi connectivity index (χ1v) is 8.00. The van der Waals surface area contributed by atoms with E-state index in [2.05, 4.69) is 12.1 Å². The summed E-state index contributed by atoms with van der Waals surface area (Å²) in [5.41, 5.74) is 7.54. The van der Waals surface area contributed by atoms with Gasteiger partial charge >= 0.3 is 0 Å². The van der Waals surface area contributed by atoms with Crippen molar-refractivity contribution in [2.75, 3.05) is 26.2 Å². The molecule has 0 aliphatic rings. The van der Waals surface area contributed by atoms with E-state index < -0.39 is 0 Å². The maximum atomic E-state index is 12.7. The van der Waals surface area contributed by atoms with E-state index in [1.807, 2.05) is 42.2 Å². The minimum absolute atomic E-state index is 0.00873. The summed E-state index contributed by atoms with van der Waals surface area (Å²) < 4.78 is 5.41. The van der Waals surface area contributed by atoms with Gasteiger partial charge in [0, 0.05) is 25.2 Å². The third-order valence-corrected chi connectivity index (χ3v) is 3.61. The van der Waals surface area contributed by atoms with Crippen molar-refractivity contribution in [2.24, 2.45) is 5.73 Å². The standard InChI is InChI=1S/C19H24N2O2/c1-2-23-18-10-8-17(9-11-18)19(22)21(15-13-20)14-12-16-6-4-3-5-7-16/h3-11H,2,12-15,20H2,1H3. The average Bonchev–Trinajstić information content (AvgIpc) is 2.60. The van der Waals surface area contributed by atoms with E-state index in [-0.39, 0.29) is 5.91 Å². The van der Waals surface area contributed by atoms with Crippen molar-refractivity contribution in [3.63, 3.8) is 0 Å². The topological polar surface area (TPSA) is 55.6 Å². The number of nitrogens with two attached hydrogens (primary N) is 1. The van der Waals surface area contributed by atoms with Gasteiger partial charge in [-0.2, -0.15) is 0 Å². The minimum atomic E-state index is 0.00873. The van der Waals surface area contributed by atoms with Crippen LogP contribution >= 0.6 is 0 Å². The second kappa shape index (κ2) is 8.96. The molecule has 0 aromatic heterocycles. The highest BCUT2D eigenvalue weighted by Gasteiger charge is 2.15. The summed E-state index contributed by atoms with van der Waals surface area (Å²) >= 11 is 0. The van der Waals surface area contributed by atoms with Gasteiger partial charge < -0.3 is 15.4 Å². The van der Waals surface area contributed by atoms with Gasteiger partial charge in [-0.25, -0.2) is 0 Å². The van der Waals surface area contributed by atoms with Gasteiger partial charge in [0.2, 0.25) is 0 Å². The predicted molar refractivity (Wildman–Crippen MR) is 92.7 cm³/mol. The number of nitrogens with zero attached hydrogens (tertiary/aromatic N) is 1. The quantitative estimate of drug-likeness (QED) is 0.815. The lowest BCUT2D eigenvalue weighted by atomic mass is 10.1. The molecule has 2 aromatic rings. The maximum Gasteiger partial charge on any atom is 0.253 e. The largest absolute Gasteiger partial charge is 0.494 e. The van der Waals surface area contributed by atoms with Crippen LogP contribution in [0.25, 0.3) is 0 Å². The first-order chi connectivity index (χ1) is 11.2. The third kappa shape index (κ3) is 5.11. The summed E-state index contributed by atoms with van der Waals surface area (Å²) in [6, 6.07) is 17.4. The van der Waals surface area contributed by atoms with E-state index in [0.717, 1.165) is 12.2 Å². The second-order valence-corrected chi connectivity index (χ2v) is 5.27. The Kier molecular flexibility index (Phi) is 6.63. The molecule has 0 spiro atoms. The van der Waals surface area contributed by atoms with Crippen molar-refractivity contribution < 1.29 is 9.53 Å². The lowest BCUT2D eigenvalue weighted by molar-refractivity contribution is 0.0762. The lowest BCUT2D eigenvalue weighted by Crippen LogP contribution is -2.36. The van der Waals surface area contributed by atoms with Crippen LogP contribution in [0.2, 0.25) is 0 Å². The third-order valence-electron chi connectivity index (χ3n) is 3.61. The second-order valence-electron chi connectivity index (χ2n) is 5.27. The van der Waals surface area contributed by atoms with Crippen molar-refractivity contribution in [1.29, 1.82) is 0 Å². The fraction of sp³-hybridized carbons (Fsp3) is 0.316. The van der Waals surface area contributed by atoms with Crippen LogP contribution in [-0.2, 0) is 6.42 Å². The fourth-order valence-electron chi connectivity index (χ4n) is 2.42. The number of rotatable bonds is 8. The summed E-state index contributed by atoms with van der Waals surface area (Å²) in [4.78, 5) is 14.5. The van der Waals surface area contributed by atoms with Crippen molar-refractivity contribution in [3.05, 3.63) is 65.7 Å². The molecule has 4 nitrogen and oxygen atoms in total. The van der Waals surface area contributed by atoms with Gasteiger partial charge in [0.1, 0.15) is 5.75 Å². The molecule has 1 amide bonds. The van der Waals surface area contributed by atoms with E-state index >= 15 is 0 Å². The number of amides is 1. The summed E-state index contributed by atoms with van der Waals surface area (Å²) in [6.45, 7) is 4.22. The first-order valence-electron chi connectivity index (χ1n) is 8.00.